The molecule has 0 aromatic carbocycles. The third-order valence-corrected chi connectivity index (χ3v) is 3.37. The van der Waals surface area contributed by atoms with E-state index in [0.717, 1.165) is 12.3 Å². The van der Waals surface area contributed by atoms with Gasteiger partial charge in [-0.2, -0.15) is 0 Å². The fourth-order valence-corrected chi connectivity index (χ4v) is 2.80. The average Bonchev–Trinajstić information content (AvgIpc) is 2.44. The maximum absolute atomic E-state index is 10.5. The maximum atomic E-state index is 10.5. The van der Waals surface area contributed by atoms with E-state index in [-0.39, 0.29) is 6.04 Å². The van der Waals surface area contributed by atoms with Gasteiger partial charge in [-0.1, -0.05) is 12.8 Å². The topological polar surface area (TPSA) is 49.3 Å². The molecule has 74 valence electrons. The van der Waals surface area contributed by atoms with Crippen molar-refractivity contribution in [2.75, 3.05) is 0 Å². The van der Waals surface area contributed by atoms with Crippen LogP contribution in [0.3, 0.4) is 0 Å². The molecule has 3 nitrogen and oxygen atoms in total. The lowest BCUT2D eigenvalue weighted by Crippen LogP contribution is -2.33. The summed E-state index contributed by atoms with van der Waals surface area (Å²) < 4.78 is 0. The van der Waals surface area contributed by atoms with Crippen LogP contribution in [0.2, 0.25) is 0 Å². The minimum absolute atomic E-state index is 0.241. The third-order valence-electron chi connectivity index (χ3n) is 3.37. The van der Waals surface area contributed by atoms with Gasteiger partial charge in [0.15, 0.2) is 0 Å². The summed E-state index contributed by atoms with van der Waals surface area (Å²) in [5.74, 6) is 0.0919. The fourth-order valence-electron chi connectivity index (χ4n) is 2.80. The second kappa shape index (κ2) is 3.66. The van der Waals surface area contributed by atoms with Gasteiger partial charge in [0.25, 0.3) is 0 Å². The summed E-state index contributed by atoms with van der Waals surface area (Å²) in [7, 11) is 0. The fraction of sp³-hybridized carbons (Fsp3) is 0.900. The molecule has 1 aliphatic heterocycles. The van der Waals surface area contributed by atoms with Gasteiger partial charge in [-0.25, -0.2) is 0 Å². The number of nitrogens with one attached hydrogen (secondary N) is 1. The van der Waals surface area contributed by atoms with Gasteiger partial charge in [0.2, 0.25) is 0 Å². The second-order valence-corrected chi connectivity index (χ2v) is 4.35. The molecule has 3 atom stereocenters. The van der Waals surface area contributed by atoms with Gasteiger partial charge in [-0.05, 0) is 25.2 Å². The van der Waals surface area contributed by atoms with Gasteiger partial charge in [-0.3, -0.25) is 4.79 Å². The van der Waals surface area contributed by atoms with E-state index < -0.39 is 5.97 Å². The van der Waals surface area contributed by atoms with Crippen LogP contribution in [0.15, 0.2) is 0 Å². The molecule has 0 spiro atoms. The van der Waals surface area contributed by atoms with Gasteiger partial charge in [0, 0.05) is 12.1 Å². The lowest BCUT2D eigenvalue weighted by Gasteiger charge is -2.24. The Kier molecular flexibility index (Phi) is 2.54. The first-order valence-electron chi connectivity index (χ1n) is 5.23. The Hall–Kier alpha value is -0.570. The molecule has 2 rings (SSSR count). The molecule has 13 heavy (non-hydrogen) atoms. The highest BCUT2D eigenvalue weighted by Gasteiger charge is 2.35. The SMILES string of the molecule is O=C(O)C[C@@H]1C[C@@H]2CCCC[C@@H]2N1. The Morgan fingerprint density at radius 1 is 1.38 bits per heavy atom. The highest BCUT2D eigenvalue weighted by atomic mass is 16.4. The molecular formula is C10H17NO2. The van der Waals surface area contributed by atoms with Crippen LogP contribution < -0.4 is 5.32 Å². The molecule has 0 unspecified atom stereocenters. The normalized spacial score (nSPS) is 38.6. The van der Waals surface area contributed by atoms with Crippen molar-refractivity contribution in [3.63, 3.8) is 0 Å². The molecule has 0 aromatic heterocycles. The Bertz CT molecular complexity index is 191. The van der Waals surface area contributed by atoms with Crippen molar-refractivity contribution in [2.45, 2.75) is 50.6 Å². The van der Waals surface area contributed by atoms with Crippen molar-refractivity contribution in [2.24, 2.45) is 5.92 Å². The summed E-state index contributed by atoms with van der Waals surface area (Å²) in [4.78, 5) is 10.5. The lowest BCUT2D eigenvalue weighted by atomic mass is 9.85. The van der Waals surface area contributed by atoms with Crippen molar-refractivity contribution in [1.82, 2.24) is 5.32 Å². The Morgan fingerprint density at radius 3 is 2.85 bits per heavy atom. The number of carboxylic acids is 1. The van der Waals surface area contributed by atoms with Crippen LogP contribution in [0.25, 0.3) is 0 Å². The molecule has 3 heteroatoms. The molecule has 2 N–H and O–H groups in total. The first-order valence-corrected chi connectivity index (χ1v) is 5.23. The van der Waals surface area contributed by atoms with Crippen molar-refractivity contribution >= 4 is 5.97 Å². The number of rotatable bonds is 2. The maximum Gasteiger partial charge on any atom is 0.304 e. The van der Waals surface area contributed by atoms with Crippen molar-refractivity contribution in [3.05, 3.63) is 0 Å². The van der Waals surface area contributed by atoms with Gasteiger partial charge in [-0.15, -0.1) is 0 Å². The summed E-state index contributed by atoms with van der Waals surface area (Å²) in [6, 6.07) is 0.865. The molecule has 0 radical (unpaired) electrons. The van der Waals surface area contributed by atoms with Gasteiger partial charge in [0.1, 0.15) is 0 Å². The molecule has 1 saturated carbocycles. The van der Waals surface area contributed by atoms with Crippen LogP contribution in [-0.4, -0.2) is 23.2 Å². The average molecular weight is 183 g/mol. The largest absolute Gasteiger partial charge is 0.481 e. The molecule has 0 bridgehead atoms. The Labute approximate surface area is 78.5 Å². The predicted octanol–water partition coefficient (Wildman–Crippen LogP) is 1.38. The summed E-state index contributed by atoms with van der Waals surface area (Å²) in [5.41, 5.74) is 0. The van der Waals surface area contributed by atoms with Crippen molar-refractivity contribution in [1.29, 1.82) is 0 Å². The number of hydrogen-bond acceptors (Lipinski definition) is 2. The van der Waals surface area contributed by atoms with Crippen LogP contribution in [0.4, 0.5) is 0 Å². The second-order valence-electron chi connectivity index (χ2n) is 4.35. The smallest absolute Gasteiger partial charge is 0.304 e. The number of fused-ring (bicyclic) bond motifs is 1. The molecule has 1 heterocycles. The highest BCUT2D eigenvalue weighted by Crippen LogP contribution is 2.33. The van der Waals surface area contributed by atoms with Crippen molar-refractivity contribution in [3.8, 4) is 0 Å². The van der Waals surface area contributed by atoms with Crippen LogP contribution in [0.5, 0.6) is 0 Å². The zero-order chi connectivity index (χ0) is 9.26. The van der Waals surface area contributed by atoms with E-state index in [2.05, 4.69) is 5.32 Å². The molecular weight excluding hydrogens is 166 g/mol. The van der Waals surface area contributed by atoms with E-state index in [1.165, 1.54) is 25.7 Å². The molecule has 1 saturated heterocycles. The zero-order valence-corrected chi connectivity index (χ0v) is 7.83. The van der Waals surface area contributed by atoms with E-state index in [0.29, 0.717) is 12.5 Å². The Balaban J connectivity index is 1.87. The first kappa shape index (κ1) is 9.00. The minimum atomic E-state index is -0.670. The Morgan fingerprint density at radius 2 is 2.15 bits per heavy atom. The quantitative estimate of drug-likeness (QED) is 0.680. The van der Waals surface area contributed by atoms with Crippen LogP contribution in [0.1, 0.15) is 38.5 Å². The first-order chi connectivity index (χ1) is 6.25. The van der Waals surface area contributed by atoms with Crippen LogP contribution in [0, 0.1) is 5.92 Å². The molecule has 0 amide bonds. The van der Waals surface area contributed by atoms with Crippen LogP contribution >= 0.6 is 0 Å². The summed E-state index contributed by atoms with van der Waals surface area (Å²) in [5, 5.41) is 12.1. The van der Waals surface area contributed by atoms with Gasteiger partial charge in [0.05, 0.1) is 6.42 Å². The van der Waals surface area contributed by atoms with Gasteiger partial charge >= 0.3 is 5.97 Å². The minimum Gasteiger partial charge on any atom is -0.481 e. The molecule has 0 aromatic rings. The summed E-state index contributed by atoms with van der Waals surface area (Å²) >= 11 is 0. The number of aliphatic carboxylic acids is 1. The summed E-state index contributed by atoms with van der Waals surface area (Å²) in [6.07, 6.45) is 6.58. The number of carboxylic acid groups (broad SMARTS) is 1. The van der Waals surface area contributed by atoms with E-state index in [9.17, 15) is 4.79 Å². The van der Waals surface area contributed by atoms with Crippen molar-refractivity contribution < 1.29 is 9.90 Å². The molecule has 2 fully saturated rings. The third kappa shape index (κ3) is 2.02. The summed E-state index contributed by atoms with van der Waals surface area (Å²) in [6.45, 7) is 0. The molecule has 1 aliphatic carbocycles. The predicted molar refractivity (Wildman–Crippen MR) is 49.5 cm³/mol. The van der Waals surface area contributed by atoms with E-state index in [4.69, 9.17) is 5.11 Å². The van der Waals surface area contributed by atoms with E-state index in [1.54, 1.807) is 0 Å². The zero-order valence-electron chi connectivity index (χ0n) is 7.83. The number of carbonyl (C=O) groups is 1. The van der Waals surface area contributed by atoms with Crippen LogP contribution in [-0.2, 0) is 4.79 Å². The number of hydrogen-bond donors (Lipinski definition) is 2. The standard InChI is InChI=1S/C10H17NO2/c12-10(13)6-8-5-7-3-1-2-4-9(7)11-8/h7-9,11H,1-6H2,(H,12,13)/t7-,8-,9-/m0/s1. The van der Waals surface area contributed by atoms with E-state index in [1.807, 2.05) is 0 Å². The monoisotopic (exact) mass is 183 g/mol. The van der Waals surface area contributed by atoms with E-state index >= 15 is 0 Å². The van der Waals surface area contributed by atoms with Gasteiger partial charge < -0.3 is 10.4 Å². The lowest BCUT2D eigenvalue weighted by molar-refractivity contribution is -0.137. The molecule has 2 aliphatic rings. The highest BCUT2D eigenvalue weighted by molar-refractivity contribution is 5.67.